The Morgan fingerprint density at radius 1 is 1.47 bits per heavy atom. The Balaban J connectivity index is 2.59. The van der Waals surface area contributed by atoms with Gasteiger partial charge in [0.15, 0.2) is 0 Å². The van der Waals surface area contributed by atoms with E-state index in [9.17, 15) is 4.39 Å². The molecule has 0 unspecified atom stereocenters. The molecule has 2 N–H and O–H groups in total. The predicted molar refractivity (Wildman–Crippen MR) is 60.9 cm³/mol. The van der Waals surface area contributed by atoms with E-state index in [0.717, 1.165) is 17.7 Å². The van der Waals surface area contributed by atoms with Gasteiger partial charge in [0.05, 0.1) is 11.6 Å². The number of nitriles is 1. The molecule has 0 amide bonds. The van der Waals surface area contributed by atoms with Crippen molar-refractivity contribution in [2.24, 2.45) is 5.73 Å². The van der Waals surface area contributed by atoms with E-state index in [1.165, 1.54) is 18.2 Å². The second-order valence-electron chi connectivity index (χ2n) is 3.11. The summed E-state index contributed by atoms with van der Waals surface area (Å²) in [6, 6.07) is 6.32. The zero-order chi connectivity index (χ0) is 11.1. The molecular weight excluding hydrogens is 211 g/mol. The number of halogens is 1. The minimum atomic E-state index is -0.288. The molecule has 1 aromatic rings. The molecule has 4 heteroatoms. The minimum Gasteiger partial charge on any atom is -0.330 e. The van der Waals surface area contributed by atoms with Crippen molar-refractivity contribution in [3.05, 3.63) is 35.1 Å². The van der Waals surface area contributed by atoms with Gasteiger partial charge in [0.1, 0.15) is 5.82 Å². The van der Waals surface area contributed by atoms with Gasteiger partial charge in [0.2, 0.25) is 0 Å². The topological polar surface area (TPSA) is 49.8 Å². The van der Waals surface area contributed by atoms with E-state index in [1.54, 1.807) is 11.8 Å². The second kappa shape index (κ2) is 6.44. The molecule has 0 spiro atoms. The van der Waals surface area contributed by atoms with Crippen LogP contribution in [0.25, 0.3) is 0 Å². The first kappa shape index (κ1) is 12.0. The highest BCUT2D eigenvalue weighted by Gasteiger charge is 2.03. The normalized spacial score (nSPS) is 9.93. The Bertz CT molecular complexity index is 360. The van der Waals surface area contributed by atoms with Crippen molar-refractivity contribution in [3.63, 3.8) is 0 Å². The molecule has 1 rings (SSSR count). The molecule has 0 atom stereocenters. The fourth-order valence-electron chi connectivity index (χ4n) is 1.16. The summed E-state index contributed by atoms with van der Waals surface area (Å²) in [5, 5.41) is 8.81. The Morgan fingerprint density at radius 2 is 2.27 bits per heavy atom. The highest BCUT2D eigenvalue weighted by atomic mass is 32.2. The van der Waals surface area contributed by atoms with Gasteiger partial charge in [-0.15, -0.1) is 0 Å². The van der Waals surface area contributed by atoms with Crippen LogP contribution in [0.15, 0.2) is 18.2 Å². The number of nitrogens with zero attached hydrogens (tertiary/aromatic N) is 1. The van der Waals surface area contributed by atoms with E-state index in [0.29, 0.717) is 17.9 Å². The van der Waals surface area contributed by atoms with Gasteiger partial charge in [-0.2, -0.15) is 17.0 Å². The van der Waals surface area contributed by atoms with Gasteiger partial charge in [0, 0.05) is 5.75 Å². The minimum absolute atomic E-state index is 0.288. The number of nitrogens with two attached hydrogens (primary N) is 1. The lowest BCUT2D eigenvalue weighted by Gasteiger charge is -2.03. The molecule has 0 bridgehead atoms. The molecule has 0 aliphatic carbocycles. The van der Waals surface area contributed by atoms with Crippen LogP contribution in [0, 0.1) is 17.1 Å². The number of hydrogen-bond acceptors (Lipinski definition) is 3. The molecule has 0 aliphatic heterocycles. The number of rotatable bonds is 5. The van der Waals surface area contributed by atoms with Gasteiger partial charge < -0.3 is 5.73 Å². The highest BCUT2D eigenvalue weighted by Crippen LogP contribution is 2.17. The third kappa shape index (κ3) is 3.90. The Hall–Kier alpha value is -1.05. The van der Waals surface area contributed by atoms with Crippen molar-refractivity contribution >= 4 is 11.8 Å². The van der Waals surface area contributed by atoms with E-state index in [2.05, 4.69) is 6.07 Å². The van der Waals surface area contributed by atoms with Crippen molar-refractivity contribution < 1.29 is 4.39 Å². The number of thioether (sulfide) groups is 1. The van der Waals surface area contributed by atoms with E-state index in [-0.39, 0.29) is 5.82 Å². The molecule has 1 aromatic carbocycles. The average molecular weight is 224 g/mol. The van der Waals surface area contributed by atoms with Crippen LogP contribution in [-0.4, -0.2) is 12.3 Å². The maximum Gasteiger partial charge on any atom is 0.123 e. The van der Waals surface area contributed by atoms with Gasteiger partial charge in [-0.1, -0.05) is 0 Å². The monoisotopic (exact) mass is 224 g/mol. The van der Waals surface area contributed by atoms with Gasteiger partial charge in [-0.3, -0.25) is 0 Å². The molecule has 80 valence electrons. The zero-order valence-corrected chi connectivity index (χ0v) is 9.19. The molecule has 0 saturated heterocycles. The maximum atomic E-state index is 12.9. The largest absolute Gasteiger partial charge is 0.330 e. The highest BCUT2D eigenvalue weighted by molar-refractivity contribution is 7.98. The van der Waals surface area contributed by atoms with Crippen molar-refractivity contribution in [3.8, 4) is 6.07 Å². The lowest BCUT2D eigenvalue weighted by atomic mass is 10.1. The van der Waals surface area contributed by atoms with E-state index in [1.807, 2.05) is 0 Å². The molecule has 0 aromatic heterocycles. The Labute approximate surface area is 93.3 Å². The van der Waals surface area contributed by atoms with Gasteiger partial charge >= 0.3 is 0 Å². The summed E-state index contributed by atoms with van der Waals surface area (Å²) >= 11 is 1.67. The standard InChI is InChI=1S/C11H13FN2S/c12-11-3-2-9(7-14)10(6-11)8-15-5-1-4-13/h2-3,6H,1,4-5,8,13H2. The summed E-state index contributed by atoms with van der Waals surface area (Å²) in [6.07, 6.45) is 0.946. The van der Waals surface area contributed by atoms with Crippen LogP contribution in [-0.2, 0) is 5.75 Å². The molecule has 0 saturated carbocycles. The van der Waals surface area contributed by atoms with Crippen LogP contribution in [0.5, 0.6) is 0 Å². The molecule has 0 fully saturated rings. The van der Waals surface area contributed by atoms with Crippen LogP contribution in [0.2, 0.25) is 0 Å². The number of hydrogen-bond donors (Lipinski definition) is 1. The number of benzene rings is 1. The Kier molecular flexibility index (Phi) is 5.16. The SMILES string of the molecule is N#Cc1ccc(F)cc1CSCCCN. The summed E-state index contributed by atoms with van der Waals surface area (Å²) in [5.41, 5.74) is 6.68. The summed E-state index contributed by atoms with van der Waals surface area (Å²) in [5.74, 6) is 1.32. The van der Waals surface area contributed by atoms with E-state index >= 15 is 0 Å². The fourth-order valence-corrected chi connectivity index (χ4v) is 2.13. The average Bonchev–Trinajstić information content (AvgIpc) is 2.25. The van der Waals surface area contributed by atoms with Crippen molar-refractivity contribution in [2.45, 2.75) is 12.2 Å². The fraction of sp³-hybridized carbons (Fsp3) is 0.364. The van der Waals surface area contributed by atoms with Crippen LogP contribution in [0.1, 0.15) is 17.5 Å². The lowest BCUT2D eigenvalue weighted by molar-refractivity contribution is 0.626. The molecular formula is C11H13FN2S. The summed E-state index contributed by atoms with van der Waals surface area (Å²) in [4.78, 5) is 0. The van der Waals surface area contributed by atoms with Gasteiger partial charge in [0.25, 0.3) is 0 Å². The summed E-state index contributed by atoms with van der Waals surface area (Å²) in [6.45, 7) is 0.668. The zero-order valence-electron chi connectivity index (χ0n) is 8.37. The molecule has 15 heavy (non-hydrogen) atoms. The van der Waals surface area contributed by atoms with Crippen LogP contribution in [0.4, 0.5) is 4.39 Å². The second-order valence-corrected chi connectivity index (χ2v) is 4.21. The smallest absolute Gasteiger partial charge is 0.123 e. The quantitative estimate of drug-likeness (QED) is 0.781. The van der Waals surface area contributed by atoms with Crippen molar-refractivity contribution in [1.82, 2.24) is 0 Å². The third-order valence-electron chi connectivity index (χ3n) is 1.94. The molecule has 0 radical (unpaired) electrons. The van der Waals surface area contributed by atoms with Gasteiger partial charge in [-0.25, -0.2) is 4.39 Å². The van der Waals surface area contributed by atoms with Crippen molar-refractivity contribution in [2.75, 3.05) is 12.3 Å². The summed E-state index contributed by atoms with van der Waals surface area (Å²) < 4.78 is 12.9. The maximum absolute atomic E-state index is 12.9. The Morgan fingerprint density at radius 3 is 2.93 bits per heavy atom. The first-order valence-electron chi connectivity index (χ1n) is 4.74. The first-order valence-corrected chi connectivity index (χ1v) is 5.89. The van der Waals surface area contributed by atoms with E-state index in [4.69, 9.17) is 11.0 Å². The van der Waals surface area contributed by atoms with Crippen LogP contribution >= 0.6 is 11.8 Å². The lowest BCUT2D eigenvalue weighted by Crippen LogP contribution is -1.99. The van der Waals surface area contributed by atoms with Crippen LogP contribution in [0.3, 0.4) is 0 Å². The predicted octanol–water partition coefficient (Wildman–Crippen LogP) is 2.28. The molecule has 2 nitrogen and oxygen atoms in total. The van der Waals surface area contributed by atoms with Crippen molar-refractivity contribution in [1.29, 1.82) is 5.26 Å². The van der Waals surface area contributed by atoms with Crippen LogP contribution < -0.4 is 5.73 Å². The summed E-state index contributed by atoms with van der Waals surface area (Å²) in [7, 11) is 0. The van der Waals surface area contributed by atoms with E-state index < -0.39 is 0 Å². The molecule has 0 heterocycles. The molecule has 0 aliphatic rings. The third-order valence-corrected chi connectivity index (χ3v) is 3.03. The first-order chi connectivity index (χ1) is 7.27. The van der Waals surface area contributed by atoms with Gasteiger partial charge in [-0.05, 0) is 42.5 Å².